The van der Waals surface area contributed by atoms with E-state index in [-0.39, 0.29) is 26.3 Å². The molecule has 1 N–H and O–H groups in total. The van der Waals surface area contributed by atoms with Crippen LogP contribution >= 0.6 is 23.2 Å². The van der Waals surface area contributed by atoms with Gasteiger partial charge in [-0.15, -0.1) is 0 Å². The lowest BCUT2D eigenvalue weighted by molar-refractivity contribution is 0.0912. The number of halogens is 3. The number of hydrogen-bond donors (Lipinski definition) is 1. The average Bonchev–Trinajstić information content (AvgIpc) is 2.54. The smallest absolute Gasteiger partial charge is 0.253 e. The second-order valence-electron chi connectivity index (χ2n) is 6.25. The lowest BCUT2D eigenvalue weighted by Crippen LogP contribution is -2.41. The minimum Gasteiger partial charge on any atom is -0.343 e. The van der Waals surface area contributed by atoms with Crippen molar-refractivity contribution in [3.8, 4) is 0 Å². The first-order valence-corrected chi connectivity index (χ1v) is 10.2. The van der Waals surface area contributed by atoms with Gasteiger partial charge in [-0.2, -0.15) is 0 Å². The summed E-state index contributed by atoms with van der Waals surface area (Å²) in [6, 6.07) is 7.87. The average molecular weight is 418 g/mol. The van der Waals surface area contributed by atoms with Crippen LogP contribution in [0.25, 0.3) is 0 Å². The largest absolute Gasteiger partial charge is 0.343 e. The summed E-state index contributed by atoms with van der Waals surface area (Å²) in [6.07, 6.45) is 0. The van der Waals surface area contributed by atoms with E-state index >= 15 is 0 Å². The third kappa shape index (κ3) is 4.37. The molecule has 0 fully saturated rings. The van der Waals surface area contributed by atoms with Crippen molar-refractivity contribution in [2.24, 2.45) is 0 Å². The van der Waals surface area contributed by atoms with Crippen LogP contribution in [0.5, 0.6) is 0 Å². The zero-order chi connectivity index (χ0) is 19.7. The Bertz CT molecular complexity index is 959. The topological polar surface area (TPSA) is 63.2 Å². The van der Waals surface area contributed by atoms with Crippen LogP contribution in [0.1, 0.15) is 36.7 Å². The molecule has 0 saturated heterocycles. The number of amides is 1. The molecular weight excluding hydrogens is 400 g/mol. The molecule has 1 amide bonds. The Balaban J connectivity index is 2.39. The maximum absolute atomic E-state index is 13.3. The van der Waals surface area contributed by atoms with E-state index in [4.69, 9.17) is 23.2 Å². The number of sulfone groups is 1. The summed E-state index contributed by atoms with van der Waals surface area (Å²) in [5, 5.41) is 3.06. The van der Waals surface area contributed by atoms with Crippen LogP contribution in [0.3, 0.4) is 0 Å². The van der Waals surface area contributed by atoms with Crippen molar-refractivity contribution in [1.29, 1.82) is 0 Å². The minimum absolute atomic E-state index is 0.0205. The van der Waals surface area contributed by atoms with E-state index in [0.717, 1.165) is 6.07 Å². The van der Waals surface area contributed by atoms with Crippen molar-refractivity contribution < 1.29 is 17.6 Å². The van der Waals surface area contributed by atoms with E-state index < -0.39 is 27.1 Å². The Kier molecular flexibility index (Phi) is 6.00. The first-order chi connectivity index (χ1) is 12.0. The van der Waals surface area contributed by atoms with E-state index in [1.807, 2.05) is 0 Å². The van der Waals surface area contributed by atoms with Gasteiger partial charge in [0, 0.05) is 5.02 Å². The van der Waals surface area contributed by atoms with Gasteiger partial charge in [-0.1, -0.05) is 36.2 Å². The molecular formula is C18H18Cl2FNO3S. The van der Waals surface area contributed by atoms with E-state index in [2.05, 4.69) is 5.32 Å². The molecule has 0 heterocycles. The fraction of sp³-hybridized carbons (Fsp3) is 0.278. The monoisotopic (exact) mass is 417 g/mol. The van der Waals surface area contributed by atoms with Crippen LogP contribution in [0, 0.1) is 5.82 Å². The molecule has 8 heteroatoms. The molecule has 0 unspecified atom stereocenters. The van der Waals surface area contributed by atoms with E-state index in [1.54, 1.807) is 13.8 Å². The minimum atomic E-state index is -3.48. The summed E-state index contributed by atoms with van der Waals surface area (Å²) in [6.45, 7) is 4.92. The van der Waals surface area contributed by atoms with Crippen molar-refractivity contribution in [2.75, 3.05) is 5.75 Å². The highest BCUT2D eigenvalue weighted by atomic mass is 35.5. The third-order valence-electron chi connectivity index (χ3n) is 3.95. The predicted octanol–water partition coefficient (Wildman–Crippen LogP) is 4.59. The van der Waals surface area contributed by atoms with Gasteiger partial charge in [0.15, 0.2) is 9.84 Å². The quantitative estimate of drug-likeness (QED) is 0.773. The number of hydrogen-bond acceptors (Lipinski definition) is 3. The van der Waals surface area contributed by atoms with E-state index in [9.17, 15) is 17.6 Å². The summed E-state index contributed by atoms with van der Waals surface area (Å²) in [5.74, 6) is -1.14. The molecule has 140 valence electrons. The van der Waals surface area contributed by atoms with Crippen LogP contribution in [0.15, 0.2) is 41.3 Å². The van der Waals surface area contributed by atoms with Gasteiger partial charge in [-0.3, -0.25) is 4.79 Å². The molecule has 0 aliphatic heterocycles. The SMILES string of the molecule is CCS(=O)(=O)c1ccc(Cl)c(C(=O)NC(C)(C)c2ccc(F)cc2Cl)c1. The van der Waals surface area contributed by atoms with Crippen LogP contribution in [0.4, 0.5) is 4.39 Å². The molecule has 0 aliphatic rings. The van der Waals surface area contributed by atoms with Crippen LogP contribution in [0.2, 0.25) is 10.0 Å². The van der Waals surface area contributed by atoms with E-state index in [1.165, 1.54) is 37.3 Å². The Hall–Kier alpha value is -1.63. The van der Waals surface area contributed by atoms with Gasteiger partial charge >= 0.3 is 0 Å². The molecule has 0 radical (unpaired) electrons. The second kappa shape index (κ2) is 7.55. The normalized spacial score (nSPS) is 12.1. The van der Waals surface area contributed by atoms with E-state index in [0.29, 0.717) is 5.56 Å². The molecule has 2 aromatic carbocycles. The number of nitrogens with one attached hydrogen (secondary N) is 1. The number of carbonyl (C=O) groups is 1. The third-order valence-corrected chi connectivity index (χ3v) is 6.33. The van der Waals surface area contributed by atoms with Gasteiger partial charge < -0.3 is 5.32 Å². The summed E-state index contributed by atoms with van der Waals surface area (Å²) < 4.78 is 37.3. The van der Waals surface area contributed by atoms with Crippen molar-refractivity contribution in [1.82, 2.24) is 5.32 Å². The van der Waals surface area contributed by atoms with Gasteiger partial charge in [-0.25, -0.2) is 12.8 Å². The van der Waals surface area contributed by atoms with Crippen molar-refractivity contribution in [3.05, 3.63) is 63.4 Å². The lowest BCUT2D eigenvalue weighted by Gasteiger charge is -2.28. The maximum atomic E-state index is 13.3. The molecule has 4 nitrogen and oxygen atoms in total. The van der Waals surface area contributed by atoms with Gasteiger partial charge in [0.1, 0.15) is 5.82 Å². The molecule has 26 heavy (non-hydrogen) atoms. The van der Waals surface area contributed by atoms with Crippen molar-refractivity contribution in [3.63, 3.8) is 0 Å². The summed E-state index contributed by atoms with van der Waals surface area (Å²) in [5.41, 5.74) is -0.389. The van der Waals surface area contributed by atoms with Crippen LogP contribution in [-0.4, -0.2) is 20.1 Å². The number of rotatable bonds is 5. The first kappa shape index (κ1) is 20.7. The van der Waals surface area contributed by atoms with Crippen LogP contribution in [-0.2, 0) is 15.4 Å². The number of benzene rings is 2. The molecule has 2 aromatic rings. The molecule has 2 rings (SSSR count). The Labute approximate surface area is 162 Å². The molecule has 0 atom stereocenters. The van der Waals surface area contributed by atoms with Gasteiger partial charge in [0.25, 0.3) is 5.91 Å². The molecule has 0 spiro atoms. The zero-order valence-electron chi connectivity index (χ0n) is 14.4. The second-order valence-corrected chi connectivity index (χ2v) is 9.34. The lowest BCUT2D eigenvalue weighted by atomic mass is 9.93. The predicted molar refractivity (Wildman–Crippen MR) is 101 cm³/mol. The van der Waals surface area contributed by atoms with Crippen molar-refractivity contribution in [2.45, 2.75) is 31.2 Å². The maximum Gasteiger partial charge on any atom is 0.253 e. The van der Waals surface area contributed by atoms with Gasteiger partial charge in [0.2, 0.25) is 0 Å². The van der Waals surface area contributed by atoms with Gasteiger partial charge in [-0.05, 0) is 49.7 Å². The number of carbonyl (C=O) groups excluding carboxylic acids is 1. The fourth-order valence-electron chi connectivity index (χ4n) is 2.45. The Morgan fingerprint density at radius 2 is 1.77 bits per heavy atom. The summed E-state index contributed by atoms with van der Waals surface area (Å²) in [4.78, 5) is 12.7. The molecule has 0 aromatic heterocycles. The highest BCUT2D eigenvalue weighted by molar-refractivity contribution is 7.91. The molecule has 0 saturated carbocycles. The Morgan fingerprint density at radius 3 is 2.35 bits per heavy atom. The summed E-state index contributed by atoms with van der Waals surface area (Å²) >= 11 is 12.2. The highest BCUT2D eigenvalue weighted by Crippen LogP contribution is 2.29. The Morgan fingerprint density at radius 1 is 1.12 bits per heavy atom. The highest BCUT2D eigenvalue weighted by Gasteiger charge is 2.27. The van der Waals surface area contributed by atoms with Gasteiger partial charge in [0.05, 0.1) is 26.8 Å². The standard InChI is InChI=1S/C18H18Cl2FNO3S/c1-4-26(24,25)12-6-8-15(19)13(10-12)17(23)22-18(2,3)14-7-5-11(21)9-16(14)20/h5-10H,4H2,1-3H3,(H,22,23). The fourth-order valence-corrected chi connectivity index (χ4v) is 3.97. The zero-order valence-corrected chi connectivity index (χ0v) is 16.8. The van der Waals surface area contributed by atoms with Crippen molar-refractivity contribution >= 4 is 38.9 Å². The van der Waals surface area contributed by atoms with Crippen LogP contribution < -0.4 is 5.32 Å². The molecule has 0 bridgehead atoms. The summed E-state index contributed by atoms with van der Waals surface area (Å²) in [7, 11) is -3.48. The molecule has 0 aliphatic carbocycles. The first-order valence-electron chi connectivity index (χ1n) is 7.78.